The summed E-state index contributed by atoms with van der Waals surface area (Å²) in [5, 5.41) is 0. The van der Waals surface area contributed by atoms with E-state index in [0.29, 0.717) is 0 Å². The van der Waals surface area contributed by atoms with Gasteiger partial charge in [0, 0.05) is 6.04 Å². The van der Waals surface area contributed by atoms with Gasteiger partial charge in [0.25, 0.3) is 6.29 Å². The number of rotatable bonds is 3. The quantitative estimate of drug-likeness (QED) is 0.629. The molecule has 0 amide bonds. The van der Waals surface area contributed by atoms with E-state index >= 15 is 0 Å². The predicted octanol–water partition coefficient (Wildman–Crippen LogP) is 2.05. The summed E-state index contributed by atoms with van der Waals surface area (Å²) in [5.74, 6) is -1.91. The number of likely N-dealkylation sites (N-methyl/N-ethyl adjacent to an activating group) is 1. The van der Waals surface area contributed by atoms with E-state index in [1.807, 2.05) is 0 Å². The number of hydrogen-bond acceptors (Lipinski definition) is 2. The molecule has 1 saturated carbocycles. The Morgan fingerprint density at radius 1 is 1.38 bits per heavy atom. The van der Waals surface area contributed by atoms with E-state index < -0.39 is 5.79 Å². The maximum Gasteiger partial charge on any atom is 0.255 e. The first-order valence-corrected chi connectivity index (χ1v) is 4.89. The first-order chi connectivity index (χ1) is 6.08. The fraction of sp³-hybridized carbons (Fsp3) is 0.900. The van der Waals surface area contributed by atoms with Crippen LogP contribution in [0.15, 0.2) is 0 Å². The van der Waals surface area contributed by atoms with Crippen LogP contribution in [0.4, 0.5) is 4.39 Å². The van der Waals surface area contributed by atoms with Gasteiger partial charge < -0.3 is 0 Å². The zero-order valence-electron chi connectivity index (χ0n) is 8.35. The molecule has 0 N–H and O–H groups in total. The standard InChI is InChI=1S/C10H17FNO/c1-10(11,8-13)12(2)9-6-4-3-5-7-9/h9H,3-7H2,1-2H3/t10-/m0/s1. The molecular weight excluding hydrogens is 169 g/mol. The van der Waals surface area contributed by atoms with Crippen LogP contribution in [0, 0.1) is 0 Å². The molecule has 0 saturated heterocycles. The third-order valence-corrected chi connectivity index (χ3v) is 2.97. The van der Waals surface area contributed by atoms with Crippen molar-refractivity contribution in [3.8, 4) is 0 Å². The molecule has 0 spiro atoms. The summed E-state index contributed by atoms with van der Waals surface area (Å²) in [5.41, 5.74) is 0. The van der Waals surface area contributed by atoms with E-state index in [4.69, 9.17) is 0 Å². The molecule has 1 rings (SSSR count). The van der Waals surface area contributed by atoms with Gasteiger partial charge in [-0.25, -0.2) is 4.39 Å². The molecule has 2 nitrogen and oxygen atoms in total. The fourth-order valence-corrected chi connectivity index (χ4v) is 1.88. The van der Waals surface area contributed by atoms with Crippen LogP contribution in [-0.4, -0.2) is 30.1 Å². The SMILES string of the molecule is CN(C1CCCCC1)[C@](C)(F)[C]=O. The summed E-state index contributed by atoms with van der Waals surface area (Å²) in [6.45, 7) is 1.27. The summed E-state index contributed by atoms with van der Waals surface area (Å²) >= 11 is 0. The smallest absolute Gasteiger partial charge is 0.255 e. The van der Waals surface area contributed by atoms with Crippen LogP contribution in [-0.2, 0) is 4.79 Å². The second-order valence-electron chi connectivity index (χ2n) is 3.96. The topological polar surface area (TPSA) is 20.3 Å². The minimum Gasteiger partial charge on any atom is -0.285 e. The fourth-order valence-electron chi connectivity index (χ4n) is 1.88. The van der Waals surface area contributed by atoms with Crippen LogP contribution >= 0.6 is 0 Å². The maximum atomic E-state index is 13.5. The summed E-state index contributed by atoms with van der Waals surface area (Å²) < 4.78 is 13.5. The van der Waals surface area contributed by atoms with E-state index in [1.165, 1.54) is 24.5 Å². The van der Waals surface area contributed by atoms with E-state index in [9.17, 15) is 9.18 Å². The van der Waals surface area contributed by atoms with Gasteiger partial charge in [-0.2, -0.15) is 0 Å². The lowest BCUT2D eigenvalue weighted by Gasteiger charge is -2.36. The van der Waals surface area contributed by atoms with Crippen LogP contribution in [0.1, 0.15) is 39.0 Å². The molecule has 0 aromatic rings. The third kappa shape index (κ3) is 2.50. The van der Waals surface area contributed by atoms with Gasteiger partial charge in [-0.05, 0) is 26.8 Å². The maximum absolute atomic E-state index is 13.5. The predicted molar refractivity (Wildman–Crippen MR) is 49.8 cm³/mol. The zero-order valence-corrected chi connectivity index (χ0v) is 8.35. The molecule has 1 aliphatic rings. The largest absolute Gasteiger partial charge is 0.285 e. The molecule has 75 valence electrons. The number of carbonyl (C=O) groups excluding carboxylic acids is 1. The molecule has 1 radical (unpaired) electrons. The van der Waals surface area contributed by atoms with Gasteiger partial charge in [-0.1, -0.05) is 19.3 Å². The first-order valence-electron chi connectivity index (χ1n) is 4.89. The van der Waals surface area contributed by atoms with Crippen molar-refractivity contribution in [3.05, 3.63) is 0 Å². The zero-order chi connectivity index (χ0) is 9.90. The lowest BCUT2D eigenvalue weighted by atomic mass is 9.93. The lowest BCUT2D eigenvalue weighted by Crippen LogP contribution is -2.48. The molecule has 0 aliphatic heterocycles. The second-order valence-corrected chi connectivity index (χ2v) is 3.96. The Hall–Kier alpha value is -0.440. The Kier molecular flexibility index (Phi) is 3.42. The highest BCUT2D eigenvalue weighted by Gasteiger charge is 2.34. The molecule has 0 unspecified atom stereocenters. The average Bonchev–Trinajstić information content (AvgIpc) is 2.18. The van der Waals surface area contributed by atoms with Crippen molar-refractivity contribution in [2.24, 2.45) is 0 Å². The Balaban J connectivity index is 2.54. The molecule has 3 heteroatoms. The Bertz CT molecular complexity index is 176. The normalized spacial score (nSPS) is 24.3. The Morgan fingerprint density at radius 3 is 2.38 bits per heavy atom. The molecule has 0 bridgehead atoms. The number of halogens is 1. The summed E-state index contributed by atoms with van der Waals surface area (Å²) in [6, 6.07) is 0.213. The highest BCUT2D eigenvalue weighted by atomic mass is 19.1. The van der Waals surface area contributed by atoms with Gasteiger partial charge >= 0.3 is 0 Å². The molecule has 1 atom stereocenters. The molecule has 0 aromatic heterocycles. The van der Waals surface area contributed by atoms with Crippen molar-refractivity contribution in [2.45, 2.75) is 50.9 Å². The van der Waals surface area contributed by atoms with Crippen LogP contribution < -0.4 is 0 Å². The second kappa shape index (κ2) is 4.18. The van der Waals surface area contributed by atoms with E-state index in [-0.39, 0.29) is 6.04 Å². The minimum atomic E-state index is -1.91. The summed E-state index contributed by atoms with van der Waals surface area (Å²) in [7, 11) is 1.67. The van der Waals surface area contributed by atoms with Gasteiger partial charge in [-0.15, -0.1) is 0 Å². The first kappa shape index (κ1) is 10.6. The highest BCUT2D eigenvalue weighted by Crippen LogP contribution is 2.26. The third-order valence-electron chi connectivity index (χ3n) is 2.97. The van der Waals surface area contributed by atoms with E-state index in [2.05, 4.69) is 0 Å². The van der Waals surface area contributed by atoms with Crippen molar-refractivity contribution < 1.29 is 9.18 Å². The van der Waals surface area contributed by atoms with Gasteiger partial charge in [0.1, 0.15) is 0 Å². The molecule has 1 aliphatic carbocycles. The summed E-state index contributed by atoms with van der Waals surface area (Å²) in [6.07, 6.45) is 6.96. The Labute approximate surface area is 79.1 Å². The van der Waals surface area contributed by atoms with Crippen molar-refractivity contribution in [1.29, 1.82) is 0 Å². The molecule has 0 heterocycles. The van der Waals surface area contributed by atoms with Crippen molar-refractivity contribution >= 4 is 6.29 Å². The van der Waals surface area contributed by atoms with E-state index in [0.717, 1.165) is 25.7 Å². The summed E-state index contributed by atoms with van der Waals surface area (Å²) in [4.78, 5) is 11.9. The number of alkyl halides is 1. The van der Waals surface area contributed by atoms with Crippen LogP contribution in [0.2, 0.25) is 0 Å². The van der Waals surface area contributed by atoms with Crippen LogP contribution in [0.5, 0.6) is 0 Å². The number of nitrogens with zero attached hydrogens (tertiary/aromatic N) is 1. The Morgan fingerprint density at radius 2 is 1.92 bits per heavy atom. The van der Waals surface area contributed by atoms with Gasteiger partial charge in [-0.3, -0.25) is 9.69 Å². The van der Waals surface area contributed by atoms with Crippen LogP contribution in [0.25, 0.3) is 0 Å². The molecule has 13 heavy (non-hydrogen) atoms. The highest BCUT2D eigenvalue weighted by molar-refractivity contribution is 5.61. The lowest BCUT2D eigenvalue weighted by molar-refractivity contribution is 0.0154. The molecule has 0 aromatic carbocycles. The van der Waals surface area contributed by atoms with Gasteiger partial charge in [0.2, 0.25) is 5.79 Å². The van der Waals surface area contributed by atoms with E-state index in [1.54, 1.807) is 7.05 Å². The van der Waals surface area contributed by atoms with Crippen molar-refractivity contribution in [3.63, 3.8) is 0 Å². The van der Waals surface area contributed by atoms with Gasteiger partial charge in [0.15, 0.2) is 0 Å². The van der Waals surface area contributed by atoms with Crippen molar-refractivity contribution in [1.82, 2.24) is 4.90 Å². The average molecular weight is 186 g/mol. The van der Waals surface area contributed by atoms with Crippen molar-refractivity contribution in [2.75, 3.05) is 7.05 Å². The van der Waals surface area contributed by atoms with Crippen LogP contribution in [0.3, 0.4) is 0 Å². The van der Waals surface area contributed by atoms with Gasteiger partial charge in [0.05, 0.1) is 0 Å². The monoisotopic (exact) mass is 186 g/mol. The minimum absolute atomic E-state index is 0.213. The number of hydrogen-bond donors (Lipinski definition) is 0. The molecule has 1 fully saturated rings. The molecular formula is C10H17FNO.